The molecule has 0 aromatic heterocycles. The summed E-state index contributed by atoms with van der Waals surface area (Å²) in [5, 5.41) is 0. The summed E-state index contributed by atoms with van der Waals surface area (Å²) in [5.74, 6) is 0.960. The van der Waals surface area contributed by atoms with Crippen LogP contribution >= 0.6 is 0 Å². The summed E-state index contributed by atoms with van der Waals surface area (Å²) in [6.07, 6.45) is 12.2. The van der Waals surface area contributed by atoms with E-state index in [0.29, 0.717) is 12.2 Å². The highest BCUT2D eigenvalue weighted by atomic mass is 28.2. The Kier molecular flexibility index (Phi) is 4.67. The molecule has 1 aliphatic heterocycles. The molecular weight excluding hydrogens is 228 g/mol. The average Bonchev–Trinajstić information content (AvgIpc) is 3.07. The first-order valence-corrected chi connectivity index (χ1v) is 8.13. The number of unbranched alkanes of at least 4 members (excludes halogenated alkanes) is 2. The van der Waals surface area contributed by atoms with Gasteiger partial charge in [-0.25, -0.2) is 0 Å². The molecule has 100 valence electrons. The van der Waals surface area contributed by atoms with E-state index >= 15 is 0 Å². The smallest absolute Gasteiger partial charge is 0.146 e. The second kappa shape index (κ2) is 5.85. The summed E-state index contributed by atoms with van der Waals surface area (Å²) in [5.41, 5.74) is 0.131. The van der Waals surface area contributed by atoms with Crippen molar-refractivity contribution in [2.45, 2.75) is 83.0 Å². The van der Waals surface area contributed by atoms with Crippen molar-refractivity contribution >= 4 is 10.5 Å². The molecular formula is C14H28O2Si. The van der Waals surface area contributed by atoms with Crippen molar-refractivity contribution in [3.63, 3.8) is 0 Å². The molecule has 0 spiro atoms. The van der Waals surface area contributed by atoms with Gasteiger partial charge in [0.2, 0.25) is 0 Å². The zero-order valence-corrected chi connectivity index (χ0v) is 13.7. The third-order valence-electron chi connectivity index (χ3n) is 4.56. The first-order valence-electron chi connectivity index (χ1n) is 7.31. The first kappa shape index (κ1) is 13.6. The summed E-state index contributed by atoms with van der Waals surface area (Å²) < 4.78 is 11.2. The maximum absolute atomic E-state index is 5.58. The highest BCUT2D eigenvalue weighted by Crippen LogP contribution is 2.41. The van der Waals surface area contributed by atoms with E-state index in [1.54, 1.807) is 0 Å². The number of hydrogen-bond acceptors (Lipinski definition) is 2. The minimum absolute atomic E-state index is 0.131. The fourth-order valence-electron chi connectivity index (χ4n) is 3.01. The highest BCUT2D eigenvalue weighted by Gasteiger charge is 2.43. The van der Waals surface area contributed by atoms with Crippen LogP contribution in [0.3, 0.4) is 0 Å². The molecule has 17 heavy (non-hydrogen) atoms. The molecule has 1 aliphatic carbocycles. The first-order chi connectivity index (χ1) is 8.11. The zero-order valence-electron chi connectivity index (χ0n) is 11.7. The molecule has 0 radical (unpaired) electrons. The quantitative estimate of drug-likeness (QED) is 0.397. The second-order valence-corrected chi connectivity index (χ2v) is 6.86. The Bertz CT molecular complexity index is 242. The van der Waals surface area contributed by atoms with Crippen molar-refractivity contribution in [2.24, 2.45) is 5.92 Å². The van der Waals surface area contributed by atoms with E-state index in [4.69, 9.17) is 9.16 Å². The van der Waals surface area contributed by atoms with Gasteiger partial charge >= 0.3 is 0 Å². The molecule has 0 N–H and O–H groups in total. The average molecular weight is 256 g/mol. The summed E-state index contributed by atoms with van der Waals surface area (Å²) >= 11 is 0. The molecule has 2 nitrogen and oxygen atoms in total. The van der Waals surface area contributed by atoms with Crippen LogP contribution in [0.4, 0.5) is 0 Å². The van der Waals surface area contributed by atoms with Crippen molar-refractivity contribution in [3.8, 4) is 0 Å². The van der Waals surface area contributed by atoms with Gasteiger partial charge in [-0.05, 0) is 45.4 Å². The minimum Gasteiger partial charge on any atom is -0.423 e. The Morgan fingerprint density at radius 2 is 2.00 bits per heavy atom. The van der Waals surface area contributed by atoms with Gasteiger partial charge in [-0.3, -0.25) is 0 Å². The Labute approximate surface area is 109 Å². The van der Waals surface area contributed by atoms with Gasteiger partial charge in [0.25, 0.3) is 0 Å². The largest absolute Gasteiger partial charge is 0.423 e. The van der Waals surface area contributed by atoms with Crippen molar-refractivity contribution in [2.75, 3.05) is 0 Å². The standard InChI is InChI=1S/C14H28O2Si/c1-14(2,16-17)9-5-3-4-6-11-7-8-12-13(10-11)15-12/h11-13H,3-10H2,1-2,17H3. The third-order valence-corrected chi connectivity index (χ3v) is 5.66. The van der Waals surface area contributed by atoms with E-state index in [-0.39, 0.29) is 5.60 Å². The summed E-state index contributed by atoms with van der Waals surface area (Å²) in [6, 6.07) is 0. The van der Waals surface area contributed by atoms with Gasteiger partial charge in [0.1, 0.15) is 10.5 Å². The van der Waals surface area contributed by atoms with Crippen LogP contribution in [-0.2, 0) is 9.16 Å². The third kappa shape index (κ3) is 4.38. The molecule has 3 atom stereocenters. The van der Waals surface area contributed by atoms with Gasteiger partial charge < -0.3 is 9.16 Å². The van der Waals surface area contributed by atoms with Crippen LogP contribution in [0.15, 0.2) is 0 Å². The van der Waals surface area contributed by atoms with E-state index in [2.05, 4.69) is 13.8 Å². The van der Waals surface area contributed by atoms with Gasteiger partial charge in [0, 0.05) is 5.60 Å². The number of fused-ring (bicyclic) bond motifs is 1. The Morgan fingerprint density at radius 3 is 2.71 bits per heavy atom. The van der Waals surface area contributed by atoms with E-state index in [9.17, 15) is 0 Å². The van der Waals surface area contributed by atoms with E-state index in [1.807, 2.05) is 0 Å². The van der Waals surface area contributed by atoms with Gasteiger partial charge in [0.15, 0.2) is 0 Å². The Morgan fingerprint density at radius 1 is 1.18 bits per heavy atom. The molecule has 1 saturated heterocycles. The Balaban J connectivity index is 1.48. The molecule has 1 saturated carbocycles. The summed E-state index contributed by atoms with van der Waals surface area (Å²) in [4.78, 5) is 0. The lowest BCUT2D eigenvalue weighted by Gasteiger charge is -2.24. The number of hydrogen-bond donors (Lipinski definition) is 0. The molecule has 0 aromatic carbocycles. The SMILES string of the molecule is CC(C)(CCCCCC1CCC2OC2C1)O[SiH3]. The van der Waals surface area contributed by atoms with Gasteiger partial charge in [-0.1, -0.05) is 25.7 Å². The van der Waals surface area contributed by atoms with Gasteiger partial charge in [-0.2, -0.15) is 0 Å². The van der Waals surface area contributed by atoms with Crippen LogP contribution in [0.5, 0.6) is 0 Å². The molecule has 1 heterocycles. The summed E-state index contributed by atoms with van der Waals surface area (Å²) in [6.45, 7) is 4.43. The predicted octanol–water partition coefficient (Wildman–Crippen LogP) is 2.58. The van der Waals surface area contributed by atoms with Crippen LogP contribution in [0.1, 0.15) is 65.2 Å². The molecule has 2 fully saturated rings. The molecule has 3 heteroatoms. The van der Waals surface area contributed by atoms with E-state index < -0.39 is 0 Å². The van der Waals surface area contributed by atoms with Crippen molar-refractivity contribution in [1.82, 2.24) is 0 Å². The minimum atomic E-state index is 0.131. The topological polar surface area (TPSA) is 21.8 Å². The van der Waals surface area contributed by atoms with Crippen LogP contribution < -0.4 is 0 Å². The molecule has 3 unspecified atom stereocenters. The maximum atomic E-state index is 5.58. The maximum Gasteiger partial charge on any atom is 0.146 e. The fraction of sp³-hybridized carbons (Fsp3) is 1.00. The number of epoxide rings is 1. The lowest BCUT2D eigenvalue weighted by molar-refractivity contribution is 0.109. The lowest BCUT2D eigenvalue weighted by Crippen LogP contribution is -2.22. The normalized spacial score (nSPS) is 32.5. The zero-order chi connectivity index (χ0) is 12.3. The van der Waals surface area contributed by atoms with Gasteiger partial charge in [0.05, 0.1) is 12.2 Å². The van der Waals surface area contributed by atoms with Crippen LogP contribution in [0.25, 0.3) is 0 Å². The highest BCUT2D eigenvalue weighted by molar-refractivity contribution is 5.98. The molecule has 2 aliphatic rings. The lowest BCUT2D eigenvalue weighted by atomic mass is 9.85. The monoisotopic (exact) mass is 256 g/mol. The summed E-state index contributed by atoms with van der Waals surface area (Å²) in [7, 11) is 0.861. The van der Waals surface area contributed by atoms with E-state index in [1.165, 1.54) is 51.4 Å². The molecule has 0 amide bonds. The van der Waals surface area contributed by atoms with Crippen LogP contribution in [-0.4, -0.2) is 28.3 Å². The molecule has 0 bridgehead atoms. The number of ether oxygens (including phenoxy) is 1. The van der Waals surface area contributed by atoms with Crippen molar-refractivity contribution in [1.29, 1.82) is 0 Å². The fourth-order valence-corrected chi connectivity index (χ4v) is 3.22. The Hall–Kier alpha value is 0.137. The van der Waals surface area contributed by atoms with Gasteiger partial charge in [-0.15, -0.1) is 0 Å². The predicted molar refractivity (Wildman–Crippen MR) is 74.2 cm³/mol. The second-order valence-electron chi connectivity index (χ2n) is 6.46. The van der Waals surface area contributed by atoms with Crippen LogP contribution in [0, 0.1) is 5.92 Å². The van der Waals surface area contributed by atoms with Crippen LogP contribution in [0.2, 0.25) is 0 Å². The van der Waals surface area contributed by atoms with Crippen molar-refractivity contribution < 1.29 is 9.16 Å². The number of rotatable bonds is 7. The van der Waals surface area contributed by atoms with Crippen molar-refractivity contribution in [3.05, 3.63) is 0 Å². The molecule has 2 rings (SSSR count). The van der Waals surface area contributed by atoms with E-state index in [0.717, 1.165) is 16.4 Å². The molecule has 0 aromatic rings.